The lowest BCUT2D eigenvalue weighted by molar-refractivity contribution is 0.207. The van der Waals surface area contributed by atoms with Gasteiger partial charge in [0.25, 0.3) is 0 Å². The number of hydrogen-bond donors (Lipinski definition) is 1. The van der Waals surface area contributed by atoms with E-state index in [0.29, 0.717) is 5.41 Å². The van der Waals surface area contributed by atoms with Crippen molar-refractivity contribution in [1.82, 2.24) is 5.32 Å². The zero-order chi connectivity index (χ0) is 11.6. The predicted molar refractivity (Wildman–Crippen MR) is 70.3 cm³/mol. The number of hydrogen-bond acceptors (Lipinski definition) is 1. The van der Waals surface area contributed by atoms with Crippen LogP contribution in [0.15, 0.2) is 0 Å². The van der Waals surface area contributed by atoms with E-state index in [0.717, 1.165) is 6.54 Å². The van der Waals surface area contributed by atoms with Gasteiger partial charge in [-0.1, -0.05) is 53.4 Å². The zero-order valence-electron chi connectivity index (χ0n) is 11.4. The summed E-state index contributed by atoms with van der Waals surface area (Å²) in [7, 11) is 0. The van der Waals surface area contributed by atoms with Gasteiger partial charge in [-0.05, 0) is 31.2 Å². The molecule has 1 nitrogen and oxygen atoms in total. The van der Waals surface area contributed by atoms with Crippen LogP contribution in [0.3, 0.4) is 0 Å². The molecule has 0 aromatic rings. The average Bonchev–Trinajstić information content (AvgIpc) is 2.29. The van der Waals surface area contributed by atoms with Gasteiger partial charge in [0.05, 0.1) is 0 Å². The van der Waals surface area contributed by atoms with Crippen molar-refractivity contribution in [2.45, 2.75) is 72.6 Å². The molecule has 0 radical (unpaired) electrons. The summed E-state index contributed by atoms with van der Waals surface area (Å²) in [5.74, 6) is 0. The predicted octanol–water partition coefficient (Wildman–Crippen LogP) is 4.37. The highest BCUT2D eigenvalue weighted by Crippen LogP contribution is 2.33. The molecule has 0 saturated heterocycles. The monoisotopic (exact) mass is 213 g/mol. The first-order valence-electron chi connectivity index (χ1n) is 6.95. The molecule has 0 spiro atoms. The van der Waals surface area contributed by atoms with Crippen LogP contribution in [0.1, 0.15) is 72.6 Å². The highest BCUT2D eigenvalue weighted by Gasteiger charge is 2.25. The fourth-order valence-electron chi connectivity index (χ4n) is 2.27. The zero-order valence-corrected chi connectivity index (χ0v) is 11.4. The Morgan fingerprint density at radius 1 is 0.867 bits per heavy atom. The van der Waals surface area contributed by atoms with E-state index in [9.17, 15) is 0 Å². The molecule has 0 rings (SSSR count). The van der Waals surface area contributed by atoms with Crippen LogP contribution in [-0.4, -0.2) is 13.1 Å². The van der Waals surface area contributed by atoms with Crippen LogP contribution >= 0.6 is 0 Å². The van der Waals surface area contributed by atoms with Crippen LogP contribution in [-0.2, 0) is 0 Å². The largest absolute Gasteiger partial charge is 0.316 e. The highest BCUT2D eigenvalue weighted by molar-refractivity contribution is 4.80. The van der Waals surface area contributed by atoms with E-state index in [1.165, 1.54) is 51.5 Å². The molecule has 0 unspecified atom stereocenters. The Labute approximate surface area is 97.0 Å². The molecular formula is C14H31N. The first kappa shape index (κ1) is 15.0. The Morgan fingerprint density at radius 3 is 1.73 bits per heavy atom. The van der Waals surface area contributed by atoms with Gasteiger partial charge in [-0.15, -0.1) is 0 Å². The van der Waals surface area contributed by atoms with Crippen LogP contribution in [0.25, 0.3) is 0 Å². The van der Waals surface area contributed by atoms with E-state index in [-0.39, 0.29) is 0 Å². The molecule has 0 aliphatic rings. The third kappa shape index (κ3) is 6.19. The van der Waals surface area contributed by atoms with Crippen molar-refractivity contribution >= 4 is 0 Å². The number of nitrogens with one attached hydrogen (secondary N) is 1. The molecule has 0 aliphatic heterocycles. The minimum atomic E-state index is 0.585. The van der Waals surface area contributed by atoms with Crippen molar-refractivity contribution < 1.29 is 0 Å². The lowest BCUT2D eigenvalue weighted by Gasteiger charge is -2.33. The van der Waals surface area contributed by atoms with E-state index in [4.69, 9.17) is 0 Å². The van der Waals surface area contributed by atoms with Gasteiger partial charge in [-0.25, -0.2) is 0 Å². The third-order valence-corrected chi connectivity index (χ3v) is 3.62. The van der Waals surface area contributed by atoms with Crippen LogP contribution in [0.4, 0.5) is 0 Å². The second kappa shape index (κ2) is 9.21. The maximum Gasteiger partial charge on any atom is 0.000759 e. The van der Waals surface area contributed by atoms with Crippen molar-refractivity contribution in [2.75, 3.05) is 13.1 Å². The summed E-state index contributed by atoms with van der Waals surface area (Å²) in [5.41, 5.74) is 0.585. The maximum atomic E-state index is 3.56. The summed E-state index contributed by atoms with van der Waals surface area (Å²) in [4.78, 5) is 0. The van der Waals surface area contributed by atoms with Crippen LogP contribution in [0.2, 0.25) is 0 Å². The molecule has 0 fully saturated rings. The topological polar surface area (TPSA) is 12.0 Å². The molecule has 0 saturated carbocycles. The first-order chi connectivity index (χ1) is 7.24. The third-order valence-electron chi connectivity index (χ3n) is 3.62. The van der Waals surface area contributed by atoms with E-state index < -0.39 is 0 Å². The van der Waals surface area contributed by atoms with Crippen molar-refractivity contribution in [1.29, 1.82) is 0 Å². The molecule has 1 heteroatoms. The number of unbranched alkanes of at least 4 members (excludes halogenated alkanes) is 2. The Kier molecular flexibility index (Phi) is 9.18. The van der Waals surface area contributed by atoms with Gasteiger partial charge in [0.2, 0.25) is 0 Å². The summed E-state index contributed by atoms with van der Waals surface area (Å²) in [6.45, 7) is 11.5. The quantitative estimate of drug-likeness (QED) is 0.568. The molecule has 0 bridgehead atoms. The first-order valence-corrected chi connectivity index (χ1v) is 6.95. The van der Waals surface area contributed by atoms with Crippen molar-refractivity contribution in [2.24, 2.45) is 5.41 Å². The maximum absolute atomic E-state index is 3.56. The molecule has 1 N–H and O–H groups in total. The van der Waals surface area contributed by atoms with E-state index in [1.807, 2.05) is 0 Å². The fourth-order valence-corrected chi connectivity index (χ4v) is 2.27. The summed E-state index contributed by atoms with van der Waals surface area (Å²) < 4.78 is 0. The normalized spacial score (nSPS) is 12.0. The van der Waals surface area contributed by atoms with Gasteiger partial charge in [-0.3, -0.25) is 0 Å². The summed E-state index contributed by atoms with van der Waals surface area (Å²) in [5, 5.41) is 3.56. The minimum absolute atomic E-state index is 0.585. The minimum Gasteiger partial charge on any atom is -0.316 e. The molecule has 0 aromatic heterocycles. The second-order valence-electron chi connectivity index (χ2n) is 4.84. The molecule has 92 valence electrons. The average molecular weight is 213 g/mol. The molecule has 0 atom stereocenters. The van der Waals surface area contributed by atoms with Gasteiger partial charge in [0, 0.05) is 6.54 Å². The van der Waals surface area contributed by atoms with E-state index >= 15 is 0 Å². The van der Waals surface area contributed by atoms with Crippen LogP contribution < -0.4 is 5.32 Å². The standard InChI is InChI=1S/C14H31N/c1-5-9-11-14(7-3,12-10-6-2)13-15-8-4/h15H,5-13H2,1-4H3. The summed E-state index contributed by atoms with van der Waals surface area (Å²) in [6.07, 6.45) is 9.60. The van der Waals surface area contributed by atoms with Crippen molar-refractivity contribution in [3.63, 3.8) is 0 Å². The Hall–Kier alpha value is -0.0400. The molecule has 0 heterocycles. The Balaban J connectivity index is 4.16. The molecule has 0 amide bonds. The lowest BCUT2D eigenvalue weighted by Crippen LogP contribution is -2.34. The molecule has 0 aliphatic carbocycles. The highest BCUT2D eigenvalue weighted by atomic mass is 14.9. The van der Waals surface area contributed by atoms with Gasteiger partial charge in [0.15, 0.2) is 0 Å². The van der Waals surface area contributed by atoms with Crippen molar-refractivity contribution in [3.05, 3.63) is 0 Å². The van der Waals surface area contributed by atoms with Gasteiger partial charge >= 0.3 is 0 Å². The Morgan fingerprint density at radius 2 is 1.40 bits per heavy atom. The summed E-state index contributed by atoms with van der Waals surface area (Å²) >= 11 is 0. The summed E-state index contributed by atoms with van der Waals surface area (Å²) in [6, 6.07) is 0. The lowest BCUT2D eigenvalue weighted by atomic mass is 9.76. The van der Waals surface area contributed by atoms with Crippen LogP contribution in [0.5, 0.6) is 0 Å². The molecule has 0 aromatic carbocycles. The molecule has 15 heavy (non-hydrogen) atoms. The van der Waals surface area contributed by atoms with Crippen molar-refractivity contribution in [3.8, 4) is 0 Å². The fraction of sp³-hybridized carbons (Fsp3) is 1.00. The van der Waals surface area contributed by atoms with Gasteiger partial charge < -0.3 is 5.32 Å². The van der Waals surface area contributed by atoms with E-state index in [2.05, 4.69) is 33.0 Å². The van der Waals surface area contributed by atoms with Gasteiger partial charge in [0.1, 0.15) is 0 Å². The number of rotatable bonds is 10. The smallest absolute Gasteiger partial charge is 0.000759 e. The van der Waals surface area contributed by atoms with E-state index in [1.54, 1.807) is 0 Å². The SMILES string of the molecule is CCCCC(CC)(CCCC)CNCC. The van der Waals surface area contributed by atoms with Gasteiger partial charge in [-0.2, -0.15) is 0 Å². The molecular weight excluding hydrogens is 182 g/mol. The Bertz CT molecular complexity index is 110. The van der Waals surface area contributed by atoms with Crippen LogP contribution in [0, 0.1) is 5.41 Å². The second-order valence-corrected chi connectivity index (χ2v) is 4.84.